The van der Waals surface area contributed by atoms with Crippen LogP contribution in [0, 0.1) is 19.7 Å². The molecule has 0 saturated carbocycles. The first-order chi connectivity index (χ1) is 9.92. The molecule has 4 heteroatoms. The quantitative estimate of drug-likeness (QED) is 0.823. The topological polar surface area (TPSA) is 41.5 Å². The molecule has 0 aliphatic rings. The molecule has 1 atom stereocenters. The predicted molar refractivity (Wildman–Crippen MR) is 82.6 cm³/mol. The van der Waals surface area contributed by atoms with Gasteiger partial charge in [0.1, 0.15) is 5.75 Å². The maximum absolute atomic E-state index is 13.4. The Kier molecular flexibility index (Phi) is 4.36. The van der Waals surface area contributed by atoms with Crippen molar-refractivity contribution in [2.45, 2.75) is 26.8 Å². The highest BCUT2D eigenvalue weighted by molar-refractivity contribution is 5.57. The molecule has 0 spiro atoms. The Morgan fingerprint density at radius 3 is 2.52 bits per heavy atom. The van der Waals surface area contributed by atoms with Crippen molar-refractivity contribution in [2.24, 2.45) is 0 Å². The molecule has 3 nitrogen and oxygen atoms in total. The van der Waals surface area contributed by atoms with Gasteiger partial charge in [-0.25, -0.2) is 4.39 Å². The summed E-state index contributed by atoms with van der Waals surface area (Å²) in [5.41, 5.74) is 3.64. The predicted octanol–water partition coefficient (Wildman–Crippen LogP) is 4.33. The Bertz CT molecular complexity index is 655. The molecular weight excluding hydrogens is 269 g/mol. The average Bonchev–Trinajstić information content (AvgIpc) is 2.45. The monoisotopic (exact) mass is 289 g/mol. The molecule has 0 aliphatic carbocycles. The van der Waals surface area contributed by atoms with Crippen LogP contribution in [-0.4, -0.2) is 12.2 Å². The van der Waals surface area contributed by atoms with E-state index in [1.165, 1.54) is 13.2 Å². The maximum Gasteiger partial charge on any atom is 0.165 e. The van der Waals surface area contributed by atoms with Gasteiger partial charge in [-0.2, -0.15) is 0 Å². The van der Waals surface area contributed by atoms with E-state index in [-0.39, 0.29) is 23.4 Å². The zero-order valence-corrected chi connectivity index (χ0v) is 12.7. The number of aryl methyl sites for hydroxylation is 2. The van der Waals surface area contributed by atoms with E-state index in [0.29, 0.717) is 0 Å². The number of benzene rings is 2. The Morgan fingerprint density at radius 2 is 1.86 bits per heavy atom. The summed E-state index contributed by atoms with van der Waals surface area (Å²) in [6.45, 7) is 5.78. The van der Waals surface area contributed by atoms with Crippen molar-refractivity contribution in [3.8, 4) is 11.5 Å². The second-order valence-corrected chi connectivity index (χ2v) is 5.21. The van der Waals surface area contributed by atoms with Crippen LogP contribution in [0.1, 0.15) is 29.7 Å². The van der Waals surface area contributed by atoms with Crippen molar-refractivity contribution in [2.75, 3.05) is 12.4 Å². The van der Waals surface area contributed by atoms with Crippen molar-refractivity contribution >= 4 is 5.69 Å². The molecule has 0 amide bonds. The number of rotatable bonds is 4. The van der Waals surface area contributed by atoms with Crippen LogP contribution < -0.4 is 10.1 Å². The number of nitrogens with one attached hydrogen (secondary N) is 1. The zero-order chi connectivity index (χ0) is 15.6. The minimum atomic E-state index is -0.370. The molecule has 0 heterocycles. The smallest absolute Gasteiger partial charge is 0.165 e. The molecule has 2 rings (SSSR count). The standard InChI is InChI=1S/C17H20FNO2/c1-10-8-16(20)11(2)7-15(10)19-12(3)13-5-6-14(18)17(9-13)21-4/h5-9,12,19-20H,1-4H3. The molecular formula is C17H20FNO2. The van der Waals surface area contributed by atoms with Crippen molar-refractivity contribution in [1.29, 1.82) is 0 Å². The van der Waals surface area contributed by atoms with Crippen LogP contribution in [0.3, 0.4) is 0 Å². The molecule has 21 heavy (non-hydrogen) atoms. The van der Waals surface area contributed by atoms with Gasteiger partial charge in [-0.1, -0.05) is 6.07 Å². The SMILES string of the molecule is COc1cc(C(C)Nc2cc(C)c(O)cc2C)ccc1F. The normalized spacial score (nSPS) is 12.0. The summed E-state index contributed by atoms with van der Waals surface area (Å²) < 4.78 is 18.5. The lowest BCUT2D eigenvalue weighted by Gasteiger charge is -2.19. The van der Waals surface area contributed by atoms with Gasteiger partial charge in [0.2, 0.25) is 0 Å². The number of halogens is 1. The van der Waals surface area contributed by atoms with Crippen LogP contribution >= 0.6 is 0 Å². The number of phenolic OH excluding ortho intramolecular Hbond substituents is 1. The van der Waals surface area contributed by atoms with E-state index in [4.69, 9.17) is 4.74 Å². The number of phenols is 1. The summed E-state index contributed by atoms with van der Waals surface area (Å²) in [6.07, 6.45) is 0. The fourth-order valence-electron chi connectivity index (χ4n) is 2.22. The third kappa shape index (κ3) is 3.27. The summed E-state index contributed by atoms with van der Waals surface area (Å²) in [5, 5.41) is 13.1. The molecule has 0 aliphatic heterocycles. The minimum Gasteiger partial charge on any atom is -0.508 e. The highest BCUT2D eigenvalue weighted by Gasteiger charge is 2.11. The Balaban J connectivity index is 2.25. The number of aromatic hydroxyl groups is 1. The van der Waals surface area contributed by atoms with Gasteiger partial charge in [0, 0.05) is 11.7 Å². The van der Waals surface area contributed by atoms with E-state index in [2.05, 4.69) is 5.32 Å². The van der Waals surface area contributed by atoms with Crippen molar-refractivity contribution in [3.63, 3.8) is 0 Å². The molecule has 0 radical (unpaired) electrons. The van der Waals surface area contributed by atoms with Crippen LogP contribution in [0.5, 0.6) is 11.5 Å². The van der Waals surface area contributed by atoms with Gasteiger partial charge in [-0.15, -0.1) is 0 Å². The second-order valence-electron chi connectivity index (χ2n) is 5.21. The lowest BCUT2D eigenvalue weighted by atomic mass is 10.1. The van der Waals surface area contributed by atoms with Gasteiger partial charge in [0.25, 0.3) is 0 Å². The molecule has 0 saturated heterocycles. The van der Waals surface area contributed by atoms with E-state index in [9.17, 15) is 9.50 Å². The highest BCUT2D eigenvalue weighted by atomic mass is 19.1. The summed E-state index contributed by atoms with van der Waals surface area (Å²) in [5.74, 6) is 0.152. The molecule has 112 valence electrons. The number of methoxy groups -OCH3 is 1. The van der Waals surface area contributed by atoms with Gasteiger partial charge in [-0.3, -0.25) is 0 Å². The third-order valence-corrected chi connectivity index (χ3v) is 3.59. The fourth-order valence-corrected chi connectivity index (χ4v) is 2.22. The Hall–Kier alpha value is -2.23. The van der Waals surface area contributed by atoms with Crippen LogP contribution in [0.25, 0.3) is 0 Å². The Morgan fingerprint density at radius 1 is 1.14 bits per heavy atom. The molecule has 2 N–H and O–H groups in total. The third-order valence-electron chi connectivity index (χ3n) is 3.59. The maximum atomic E-state index is 13.4. The largest absolute Gasteiger partial charge is 0.508 e. The number of ether oxygens (including phenoxy) is 1. The number of hydrogen-bond acceptors (Lipinski definition) is 3. The fraction of sp³-hybridized carbons (Fsp3) is 0.294. The van der Waals surface area contributed by atoms with E-state index in [0.717, 1.165) is 22.4 Å². The van der Waals surface area contributed by atoms with Gasteiger partial charge in [-0.05, 0) is 61.7 Å². The highest BCUT2D eigenvalue weighted by Crippen LogP contribution is 2.29. The first-order valence-corrected chi connectivity index (χ1v) is 6.82. The summed E-state index contributed by atoms with van der Waals surface area (Å²) >= 11 is 0. The van der Waals surface area contributed by atoms with Crippen molar-refractivity contribution in [1.82, 2.24) is 0 Å². The zero-order valence-electron chi connectivity index (χ0n) is 12.7. The van der Waals surface area contributed by atoms with Crippen LogP contribution in [0.4, 0.5) is 10.1 Å². The Labute approximate surface area is 124 Å². The lowest BCUT2D eigenvalue weighted by molar-refractivity contribution is 0.385. The first-order valence-electron chi connectivity index (χ1n) is 6.82. The van der Waals surface area contributed by atoms with Crippen molar-refractivity contribution in [3.05, 3.63) is 52.8 Å². The second kappa shape index (κ2) is 6.04. The van der Waals surface area contributed by atoms with E-state index in [1.54, 1.807) is 18.2 Å². The minimum absolute atomic E-state index is 0.0119. The van der Waals surface area contributed by atoms with E-state index >= 15 is 0 Å². The molecule has 2 aromatic carbocycles. The first kappa shape index (κ1) is 15.2. The molecule has 0 fully saturated rings. The summed E-state index contributed by atoms with van der Waals surface area (Å²) in [4.78, 5) is 0. The number of hydrogen-bond donors (Lipinski definition) is 2. The van der Waals surface area contributed by atoms with E-state index < -0.39 is 0 Å². The lowest BCUT2D eigenvalue weighted by Crippen LogP contribution is -2.08. The van der Waals surface area contributed by atoms with Gasteiger partial charge >= 0.3 is 0 Å². The molecule has 1 unspecified atom stereocenters. The van der Waals surface area contributed by atoms with Gasteiger partial charge < -0.3 is 15.2 Å². The average molecular weight is 289 g/mol. The molecule has 0 aromatic heterocycles. The van der Waals surface area contributed by atoms with Crippen molar-refractivity contribution < 1.29 is 14.2 Å². The molecule has 0 bridgehead atoms. The summed E-state index contributed by atoms with van der Waals surface area (Å²) in [6, 6.07) is 8.45. The van der Waals surface area contributed by atoms with Crippen LogP contribution in [0.2, 0.25) is 0 Å². The van der Waals surface area contributed by atoms with Crippen LogP contribution in [-0.2, 0) is 0 Å². The van der Waals surface area contributed by atoms with Gasteiger partial charge in [0.05, 0.1) is 7.11 Å². The van der Waals surface area contributed by atoms with Gasteiger partial charge in [0.15, 0.2) is 11.6 Å². The molecule has 2 aromatic rings. The van der Waals surface area contributed by atoms with Crippen LogP contribution in [0.15, 0.2) is 30.3 Å². The summed E-state index contributed by atoms with van der Waals surface area (Å²) in [7, 11) is 1.45. The van der Waals surface area contributed by atoms with E-state index in [1.807, 2.05) is 26.8 Å². The number of anilines is 1.